The van der Waals surface area contributed by atoms with E-state index in [-0.39, 0.29) is 22.9 Å². The predicted octanol–water partition coefficient (Wildman–Crippen LogP) is 4.92. The van der Waals surface area contributed by atoms with Crippen LogP contribution < -0.4 is 0 Å². The van der Waals surface area contributed by atoms with Crippen LogP contribution in [0.2, 0.25) is 0 Å². The second-order valence-corrected chi connectivity index (χ2v) is 11.3. The molecule has 4 unspecified atom stereocenters. The highest BCUT2D eigenvalue weighted by atomic mass is 16.5. The average Bonchev–Trinajstić information content (AvgIpc) is 3.35. The van der Waals surface area contributed by atoms with Crippen LogP contribution in [0.4, 0.5) is 0 Å². The number of ketones is 1. The summed E-state index contributed by atoms with van der Waals surface area (Å²) in [6.07, 6.45) is 14.0. The third-order valence-corrected chi connectivity index (χ3v) is 9.90. The molecule has 5 rings (SSSR count). The van der Waals surface area contributed by atoms with Gasteiger partial charge in [-0.25, -0.2) is 0 Å². The number of carbonyl (C=O) groups is 2. The van der Waals surface area contributed by atoms with Crippen molar-refractivity contribution >= 4 is 11.8 Å². The minimum absolute atomic E-state index is 0.0114. The van der Waals surface area contributed by atoms with Crippen molar-refractivity contribution in [2.45, 2.75) is 90.6 Å². The molecule has 1 aliphatic heterocycles. The zero-order valence-electron chi connectivity index (χ0n) is 19.0. The Bertz CT molecular complexity index is 739. The quantitative estimate of drug-likeness (QED) is 0.485. The fraction of sp³-hybridized carbons (Fsp3) is 0.846. The Kier molecular flexibility index (Phi) is 5.36. The molecule has 6 atom stereocenters. The average molecular weight is 414 g/mol. The van der Waals surface area contributed by atoms with Crippen molar-refractivity contribution < 1.29 is 14.3 Å². The molecule has 3 saturated carbocycles. The number of fused-ring (bicyclic) bond motifs is 5. The van der Waals surface area contributed by atoms with Crippen LogP contribution in [0.25, 0.3) is 0 Å². The first-order chi connectivity index (χ1) is 14.4. The number of carbonyl (C=O) groups excluding carboxylic acids is 2. The maximum absolute atomic E-state index is 12.6. The summed E-state index contributed by atoms with van der Waals surface area (Å²) in [5, 5.41) is 0. The molecule has 0 aromatic carbocycles. The van der Waals surface area contributed by atoms with Crippen molar-refractivity contribution in [1.82, 2.24) is 4.90 Å². The van der Waals surface area contributed by atoms with Crippen LogP contribution in [0, 0.1) is 28.6 Å². The number of allylic oxidation sites excluding steroid dienone is 1. The monoisotopic (exact) mass is 413 g/mol. The highest BCUT2D eigenvalue weighted by Crippen LogP contribution is 2.64. The number of nitrogens with zero attached hydrogens (tertiary/aromatic N) is 1. The summed E-state index contributed by atoms with van der Waals surface area (Å²) in [5.74, 6) is 2.47. The highest BCUT2D eigenvalue weighted by molar-refractivity contribution is 5.87. The molecule has 1 heterocycles. The van der Waals surface area contributed by atoms with Gasteiger partial charge in [0.2, 0.25) is 0 Å². The van der Waals surface area contributed by atoms with Gasteiger partial charge in [0.25, 0.3) is 0 Å². The molecule has 4 heteroatoms. The van der Waals surface area contributed by atoms with E-state index in [4.69, 9.17) is 4.74 Å². The van der Waals surface area contributed by atoms with Crippen molar-refractivity contribution in [3.05, 3.63) is 11.6 Å². The van der Waals surface area contributed by atoms with Crippen LogP contribution in [-0.4, -0.2) is 42.4 Å². The second kappa shape index (κ2) is 7.76. The first-order valence-electron chi connectivity index (χ1n) is 12.5. The predicted molar refractivity (Wildman–Crippen MR) is 117 cm³/mol. The summed E-state index contributed by atoms with van der Waals surface area (Å²) in [4.78, 5) is 27.4. The molecule has 4 aliphatic carbocycles. The molecule has 166 valence electrons. The third kappa shape index (κ3) is 3.38. The van der Waals surface area contributed by atoms with Crippen LogP contribution in [0.5, 0.6) is 0 Å². The standard InChI is InChI=1S/C26H39NO3/c1-25-12-9-19(30-24(29)11-16-27-14-3-4-15-27)17-18(25)5-6-20-21-7-8-23(28)26(21,2)13-10-22(20)25/h5,19-22H,3-4,6-17H2,1-2H3/t19?,20?,21?,22?,25-,26+/m1/s1. The summed E-state index contributed by atoms with van der Waals surface area (Å²) in [7, 11) is 0. The van der Waals surface area contributed by atoms with Gasteiger partial charge in [-0.05, 0) is 87.6 Å². The Hall–Kier alpha value is -1.16. The number of likely N-dealkylation sites (tertiary alicyclic amines) is 1. The molecule has 0 aromatic rings. The lowest BCUT2D eigenvalue weighted by atomic mass is 9.48. The molecule has 0 radical (unpaired) electrons. The van der Waals surface area contributed by atoms with E-state index >= 15 is 0 Å². The lowest BCUT2D eigenvalue weighted by Crippen LogP contribution is -2.50. The van der Waals surface area contributed by atoms with Crippen molar-refractivity contribution in [3.8, 4) is 0 Å². The molecule has 4 fully saturated rings. The van der Waals surface area contributed by atoms with Crippen molar-refractivity contribution in [2.75, 3.05) is 19.6 Å². The zero-order valence-corrected chi connectivity index (χ0v) is 19.0. The van der Waals surface area contributed by atoms with Crippen LogP contribution in [0.1, 0.15) is 84.5 Å². The topological polar surface area (TPSA) is 46.6 Å². The van der Waals surface area contributed by atoms with Crippen LogP contribution >= 0.6 is 0 Å². The molecule has 0 aromatic heterocycles. The van der Waals surface area contributed by atoms with E-state index in [1.165, 1.54) is 19.3 Å². The number of ether oxygens (including phenoxy) is 1. The number of hydrogen-bond donors (Lipinski definition) is 0. The number of esters is 1. The molecule has 30 heavy (non-hydrogen) atoms. The van der Waals surface area contributed by atoms with Gasteiger partial charge in [0.15, 0.2) is 0 Å². The molecule has 0 amide bonds. The normalized spacial score (nSPS) is 43.5. The second-order valence-electron chi connectivity index (χ2n) is 11.3. The van der Waals surface area contributed by atoms with Gasteiger partial charge in [0.1, 0.15) is 11.9 Å². The van der Waals surface area contributed by atoms with Gasteiger partial charge in [-0.2, -0.15) is 0 Å². The maximum atomic E-state index is 12.6. The zero-order chi connectivity index (χ0) is 20.9. The molecular weight excluding hydrogens is 374 g/mol. The van der Waals surface area contributed by atoms with Gasteiger partial charge in [-0.1, -0.05) is 25.5 Å². The lowest BCUT2D eigenvalue weighted by Gasteiger charge is -2.56. The van der Waals surface area contributed by atoms with Crippen molar-refractivity contribution in [3.63, 3.8) is 0 Å². The Labute approximate surface area is 181 Å². The van der Waals surface area contributed by atoms with Gasteiger partial charge in [0, 0.05) is 24.8 Å². The van der Waals surface area contributed by atoms with Crippen molar-refractivity contribution in [2.24, 2.45) is 28.6 Å². The highest BCUT2D eigenvalue weighted by Gasteiger charge is 2.58. The third-order valence-electron chi connectivity index (χ3n) is 9.90. The first-order valence-corrected chi connectivity index (χ1v) is 12.5. The minimum atomic E-state index is -0.0507. The van der Waals surface area contributed by atoms with E-state index in [9.17, 15) is 9.59 Å². The summed E-state index contributed by atoms with van der Waals surface area (Å²) < 4.78 is 5.93. The van der Waals surface area contributed by atoms with Crippen LogP contribution in [0.15, 0.2) is 11.6 Å². The van der Waals surface area contributed by atoms with E-state index < -0.39 is 0 Å². The van der Waals surface area contributed by atoms with Gasteiger partial charge in [0.05, 0.1) is 6.42 Å². The number of rotatable bonds is 4. The van der Waals surface area contributed by atoms with Gasteiger partial charge in [-0.15, -0.1) is 0 Å². The molecule has 0 N–H and O–H groups in total. The molecule has 4 nitrogen and oxygen atoms in total. The SMILES string of the molecule is C[C@]12CCC3C(CC=C4CC(OC(=O)CCN5CCCC5)CC[C@]43C)C1CCC2=O. The van der Waals surface area contributed by atoms with Crippen molar-refractivity contribution in [1.29, 1.82) is 0 Å². The summed E-state index contributed by atoms with van der Waals surface area (Å²) in [5.41, 5.74) is 1.74. The fourth-order valence-corrected chi connectivity index (χ4v) is 8.00. The Morgan fingerprint density at radius 2 is 1.83 bits per heavy atom. The van der Waals surface area contributed by atoms with Crippen LogP contribution in [0.3, 0.4) is 0 Å². The maximum Gasteiger partial charge on any atom is 0.307 e. The molecule has 5 aliphatic rings. The number of Topliss-reactive ketones (excluding diaryl/α,β-unsaturated/α-hetero) is 1. The van der Waals surface area contributed by atoms with Crippen LogP contribution in [-0.2, 0) is 14.3 Å². The van der Waals surface area contributed by atoms with E-state index in [1.54, 1.807) is 5.57 Å². The molecule has 0 bridgehead atoms. The molecule has 0 spiro atoms. The minimum Gasteiger partial charge on any atom is -0.462 e. The van der Waals surface area contributed by atoms with E-state index in [0.29, 0.717) is 30.0 Å². The smallest absolute Gasteiger partial charge is 0.307 e. The van der Waals surface area contributed by atoms with E-state index in [0.717, 1.165) is 64.6 Å². The first kappa shape index (κ1) is 20.7. The summed E-state index contributed by atoms with van der Waals surface area (Å²) in [6.45, 7) is 7.85. The van der Waals surface area contributed by atoms with Gasteiger partial charge >= 0.3 is 5.97 Å². The Morgan fingerprint density at radius 3 is 2.63 bits per heavy atom. The van der Waals surface area contributed by atoms with E-state index in [1.807, 2.05) is 0 Å². The fourth-order valence-electron chi connectivity index (χ4n) is 8.00. The van der Waals surface area contributed by atoms with Gasteiger partial charge < -0.3 is 9.64 Å². The Balaban J connectivity index is 1.22. The Morgan fingerprint density at radius 1 is 1.10 bits per heavy atom. The summed E-state index contributed by atoms with van der Waals surface area (Å²) in [6, 6.07) is 0. The van der Waals surface area contributed by atoms with E-state index in [2.05, 4.69) is 24.8 Å². The molecule has 1 saturated heterocycles. The lowest BCUT2D eigenvalue weighted by molar-refractivity contribution is -0.151. The van der Waals surface area contributed by atoms with Gasteiger partial charge in [-0.3, -0.25) is 9.59 Å². The summed E-state index contributed by atoms with van der Waals surface area (Å²) >= 11 is 0. The molecular formula is C26H39NO3. The number of hydrogen-bond acceptors (Lipinski definition) is 4. The largest absolute Gasteiger partial charge is 0.462 e.